The Kier molecular flexibility index (Phi) is 5.97. The van der Waals surface area contributed by atoms with Crippen molar-refractivity contribution in [1.82, 2.24) is 9.29 Å². The first-order chi connectivity index (χ1) is 16.4. The summed E-state index contributed by atoms with van der Waals surface area (Å²) in [5.74, 6) is -0.318. The molecule has 1 aliphatic rings. The number of carbonyl (C=O) groups excluding carboxylic acids is 1. The van der Waals surface area contributed by atoms with Gasteiger partial charge in [-0.15, -0.1) is 0 Å². The highest BCUT2D eigenvalue weighted by atomic mass is 32.2. The molecule has 5 rings (SSSR count). The van der Waals surface area contributed by atoms with E-state index in [1.54, 1.807) is 12.1 Å². The summed E-state index contributed by atoms with van der Waals surface area (Å²) in [5, 5.41) is 5.78. The molecule has 174 valence electrons. The van der Waals surface area contributed by atoms with Crippen LogP contribution in [0.1, 0.15) is 37.0 Å². The fourth-order valence-corrected chi connectivity index (χ4v) is 7.04. The van der Waals surface area contributed by atoms with E-state index in [1.165, 1.54) is 38.5 Å². The molecule has 1 heterocycles. The van der Waals surface area contributed by atoms with E-state index in [1.807, 2.05) is 26.0 Å². The van der Waals surface area contributed by atoms with Gasteiger partial charge < -0.3 is 0 Å². The minimum atomic E-state index is -3.58. The quantitative estimate of drug-likeness (QED) is 0.288. The summed E-state index contributed by atoms with van der Waals surface area (Å²) in [4.78, 5) is 18.8. The van der Waals surface area contributed by atoms with E-state index in [4.69, 9.17) is 4.98 Å². The first-order valence-corrected chi connectivity index (χ1v) is 13.6. The molecule has 1 aromatic heterocycles. The molecule has 0 saturated carbocycles. The molecule has 1 aliphatic carbocycles. The van der Waals surface area contributed by atoms with Gasteiger partial charge >= 0.3 is 0 Å². The predicted molar refractivity (Wildman–Crippen MR) is 138 cm³/mol. The van der Waals surface area contributed by atoms with E-state index in [2.05, 4.69) is 29.6 Å². The molecule has 4 aromatic rings. The van der Waals surface area contributed by atoms with E-state index >= 15 is 0 Å². The Hall–Kier alpha value is -3.07. The standard InChI is InChI=1S/C26H25N3O3S2/c1-3-15-29(16-4-2)34(31,32)19-13-11-18(12-14-19)25(30)28-26-27-23-20-9-5-7-17-8-6-10-21(22(17)20)24(23)33-26/h5-14H,3-4,15-16H2,1-2H3,(H,27,28,30). The molecule has 1 N–H and O–H groups in total. The van der Waals surface area contributed by atoms with Gasteiger partial charge in [0.1, 0.15) is 0 Å². The van der Waals surface area contributed by atoms with Gasteiger partial charge in [-0.25, -0.2) is 13.4 Å². The minimum absolute atomic E-state index is 0.198. The van der Waals surface area contributed by atoms with Gasteiger partial charge in [0.15, 0.2) is 5.13 Å². The molecule has 34 heavy (non-hydrogen) atoms. The molecule has 8 heteroatoms. The maximum Gasteiger partial charge on any atom is 0.257 e. The maximum absolute atomic E-state index is 13.0. The van der Waals surface area contributed by atoms with Gasteiger partial charge in [0, 0.05) is 29.8 Å². The van der Waals surface area contributed by atoms with Crippen LogP contribution in [0.5, 0.6) is 0 Å². The van der Waals surface area contributed by atoms with Gasteiger partial charge in [-0.2, -0.15) is 4.31 Å². The zero-order valence-corrected chi connectivity index (χ0v) is 20.7. The lowest BCUT2D eigenvalue weighted by molar-refractivity contribution is 0.102. The number of rotatable bonds is 8. The number of hydrogen-bond donors (Lipinski definition) is 1. The van der Waals surface area contributed by atoms with Crippen LogP contribution < -0.4 is 5.32 Å². The second-order valence-corrected chi connectivity index (χ2v) is 11.2. The van der Waals surface area contributed by atoms with Gasteiger partial charge in [-0.1, -0.05) is 61.6 Å². The Morgan fingerprint density at radius 1 is 0.941 bits per heavy atom. The zero-order chi connectivity index (χ0) is 23.9. The second kappa shape index (κ2) is 8.94. The van der Waals surface area contributed by atoms with Crippen LogP contribution in [0.4, 0.5) is 5.13 Å². The maximum atomic E-state index is 13.0. The number of carbonyl (C=O) groups is 1. The third-order valence-electron chi connectivity index (χ3n) is 5.95. The lowest BCUT2D eigenvalue weighted by Gasteiger charge is -2.21. The summed E-state index contributed by atoms with van der Waals surface area (Å²) in [5.41, 5.74) is 3.49. The Morgan fingerprint density at radius 3 is 2.24 bits per heavy atom. The van der Waals surface area contributed by atoms with Gasteiger partial charge in [0.05, 0.1) is 15.5 Å². The van der Waals surface area contributed by atoms with Crippen molar-refractivity contribution >= 4 is 43.2 Å². The molecule has 0 saturated heterocycles. The topological polar surface area (TPSA) is 79.4 Å². The summed E-state index contributed by atoms with van der Waals surface area (Å²) in [6.07, 6.45) is 1.49. The van der Waals surface area contributed by atoms with Crippen molar-refractivity contribution in [1.29, 1.82) is 0 Å². The average Bonchev–Trinajstić information content (AvgIpc) is 3.38. The van der Waals surface area contributed by atoms with Crippen molar-refractivity contribution in [3.8, 4) is 21.7 Å². The molecule has 0 radical (unpaired) electrons. The number of nitrogens with one attached hydrogen (secondary N) is 1. The van der Waals surface area contributed by atoms with Crippen molar-refractivity contribution in [3.63, 3.8) is 0 Å². The predicted octanol–water partition coefficient (Wildman–Crippen LogP) is 6.01. The molecule has 6 nitrogen and oxygen atoms in total. The molecule has 0 bridgehead atoms. The summed E-state index contributed by atoms with van der Waals surface area (Å²) in [7, 11) is -3.58. The molecule has 0 atom stereocenters. The number of thiazole rings is 1. The molecule has 0 aliphatic heterocycles. The van der Waals surface area contributed by atoms with Crippen LogP contribution in [0.25, 0.3) is 32.5 Å². The van der Waals surface area contributed by atoms with E-state index in [0.29, 0.717) is 23.8 Å². The number of anilines is 1. The largest absolute Gasteiger partial charge is 0.298 e. The molecule has 3 aromatic carbocycles. The van der Waals surface area contributed by atoms with E-state index in [0.717, 1.165) is 34.5 Å². The van der Waals surface area contributed by atoms with Crippen LogP contribution in [-0.4, -0.2) is 36.7 Å². The number of fused-ring (bicyclic) bond motifs is 3. The third-order valence-corrected chi connectivity index (χ3v) is 8.87. The van der Waals surface area contributed by atoms with E-state index in [-0.39, 0.29) is 10.8 Å². The van der Waals surface area contributed by atoms with Crippen LogP contribution in [0, 0.1) is 0 Å². The SMILES string of the molecule is CCCN(CCC)S(=O)(=O)c1ccc(C(=O)Nc2nc3c(s2)-c2cccc4cccc-3c24)cc1. The Balaban J connectivity index is 1.36. The van der Waals surface area contributed by atoms with Gasteiger partial charge in [0.25, 0.3) is 5.91 Å². The number of amides is 1. The van der Waals surface area contributed by atoms with E-state index in [9.17, 15) is 13.2 Å². The smallest absolute Gasteiger partial charge is 0.257 e. The lowest BCUT2D eigenvalue weighted by atomic mass is 10.0. The number of hydrogen-bond acceptors (Lipinski definition) is 5. The molecule has 0 fully saturated rings. The Bertz CT molecular complexity index is 1430. The van der Waals surface area contributed by atoms with Gasteiger partial charge in [0.2, 0.25) is 10.0 Å². The summed E-state index contributed by atoms with van der Waals surface area (Å²) >= 11 is 1.45. The van der Waals surface area contributed by atoms with E-state index < -0.39 is 10.0 Å². The molecular formula is C26H25N3O3S2. The minimum Gasteiger partial charge on any atom is -0.298 e. The van der Waals surface area contributed by atoms with Crippen molar-refractivity contribution in [2.75, 3.05) is 18.4 Å². The highest BCUT2D eigenvalue weighted by molar-refractivity contribution is 7.89. The molecule has 0 spiro atoms. The fourth-order valence-electron chi connectivity index (χ4n) is 4.41. The molecular weight excluding hydrogens is 466 g/mol. The van der Waals surface area contributed by atoms with Gasteiger partial charge in [-0.05, 0) is 47.9 Å². The highest BCUT2D eigenvalue weighted by Gasteiger charge is 2.27. The number of nitrogens with zero attached hydrogens (tertiary/aromatic N) is 2. The van der Waals surface area contributed by atoms with Gasteiger partial charge in [-0.3, -0.25) is 10.1 Å². The van der Waals surface area contributed by atoms with Crippen molar-refractivity contribution < 1.29 is 13.2 Å². The average molecular weight is 492 g/mol. The normalized spacial score (nSPS) is 12.3. The number of sulfonamides is 1. The third kappa shape index (κ3) is 3.81. The number of aromatic nitrogens is 1. The number of benzene rings is 3. The zero-order valence-electron chi connectivity index (χ0n) is 19.0. The van der Waals surface area contributed by atoms with Crippen molar-refractivity contribution in [2.24, 2.45) is 0 Å². The monoisotopic (exact) mass is 491 g/mol. The first-order valence-electron chi connectivity index (χ1n) is 11.4. The Morgan fingerprint density at radius 2 is 1.59 bits per heavy atom. The van der Waals surface area contributed by atoms with Crippen LogP contribution in [0.2, 0.25) is 0 Å². The van der Waals surface area contributed by atoms with Crippen LogP contribution in [0.15, 0.2) is 65.6 Å². The van der Waals surface area contributed by atoms with Crippen molar-refractivity contribution in [3.05, 3.63) is 66.2 Å². The fraction of sp³-hybridized carbons (Fsp3) is 0.231. The summed E-state index contributed by atoms with van der Waals surface area (Å²) < 4.78 is 27.4. The first kappa shape index (κ1) is 22.7. The van der Waals surface area contributed by atoms with Crippen LogP contribution >= 0.6 is 11.3 Å². The highest BCUT2D eigenvalue weighted by Crippen LogP contribution is 2.50. The summed E-state index contributed by atoms with van der Waals surface area (Å²) in [6, 6.07) is 18.5. The van der Waals surface area contributed by atoms with Crippen LogP contribution in [-0.2, 0) is 10.0 Å². The molecule has 1 amide bonds. The Labute approximate surface area is 203 Å². The summed E-state index contributed by atoms with van der Waals surface area (Å²) in [6.45, 7) is 4.87. The van der Waals surface area contributed by atoms with Crippen LogP contribution in [0.3, 0.4) is 0 Å². The second-order valence-electron chi connectivity index (χ2n) is 8.29. The van der Waals surface area contributed by atoms with Crippen molar-refractivity contribution in [2.45, 2.75) is 31.6 Å². The molecule has 0 unspecified atom stereocenters. The lowest BCUT2D eigenvalue weighted by Crippen LogP contribution is -2.32.